The third-order valence-electron chi connectivity index (χ3n) is 10.9. The highest BCUT2D eigenvalue weighted by atomic mass is 19.4. The molecule has 0 bridgehead atoms. The Morgan fingerprint density at radius 1 is 0.405 bits per heavy atom. The summed E-state index contributed by atoms with van der Waals surface area (Å²) in [6.45, 7) is -0.498. The van der Waals surface area contributed by atoms with Crippen molar-refractivity contribution in [1.29, 1.82) is 0 Å². The molecule has 0 atom stereocenters. The molecule has 1 heterocycles. The molecule has 1 aromatic heterocycles. The Morgan fingerprint density at radius 2 is 0.662 bits per heavy atom. The molecule has 0 unspecified atom stereocenters. The summed E-state index contributed by atoms with van der Waals surface area (Å²) in [4.78, 5) is 15.7. The Hall–Kier alpha value is -6.84. The molecule has 74 heavy (non-hydrogen) atoms. The summed E-state index contributed by atoms with van der Waals surface area (Å²) in [6.07, 6.45) is -50.2. The van der Waals surface area contributed by atoms with Crippen molar-refractivity contribution in [3.63, 3.8) is 0 Å². The van der Waals surface area contributed by atoms with Gasteiger partial charge in [-0.2, -0.15) is 132 Å². The molecule has 0 radical (unpaired) electrons. The minimum atomic E-state index is -6.13. The van der Waals surface area contributed by atoms with Gasteiger partial charge in [0.2, 0.25) is 18.0 Å². The number of carbonyl (C=O) groups excluding carboxylic acids is 1. The summed E-state index contributed by atoms with van der Waals surface area (Å²) in [5.41, 5.74) is -29.2. The van der Waals surface area contributed by atoms with Crippen LogP contribution in [0.2, 0.25) is 0 Å². The maximum absolute atomic E-state index is 14.2. The normalized spacial score (nSPS) is 13.4. The fourth-order valence-corrected chi connectivity index (χ4v) is 7.62. The highest BCUT2D eigenvalue weighted by Gasteiger charge is 2.47. The second-order valence-electron chi connectivity index (χ2n) is 15.8. The van der Waals surface area contributed by atoms with Crippen LogP contribution in [0, 0.1) is 0 Å². The van der Waals surface area contributed by atoms with Crippen molar-refractivity contribution in [2.75, 3.05) is 0 Å². The van der Waals surface area contributed by atoms with E-state index in [0.29, 0.717) is 11.3 Å². The van der Waals surface area contributed by atoms with Crippen LogP contribution in [0.3, 0.4) is 0 Å². The largest absolute Gasteiger partial charge is 0.416 e. The standard InChI is InChI=1S/C32H12BF24.C13H12FN2O/c34-25(35,36)13-1-14(26(37,38)39)6-21(5-13)33(22-7-15(27(40,41)42)2-16(8-22)28(43,44)45,23-9-17(29(46,47)48)3-18(10-23)30(49,50)51)24-11-19(31(52,53)54)4-20(12-24)32(55,56)57;14-8-12-9-15-6-7-16(12)10-13(17)11-4-2-1-3-5-11/h1-12H;1-7,9H,8,10H2/q-1;+1. The van der Waals surface area contributed by atoms with Crippen LogP contribution in [0.15, 0.2) is 122 Å². The minimum absolute atomic E-state index is 0.0449. The lowest BCUT2D eigenvalue weighted by Crippen LogP contribution is -2.75. The molecule has 6 rings (SSSR count). The lowest BCUT2D eigenvalue weighted by molar-refractivity contribution is -0.692. The molecule has 398 valence electrons. The van der Waals surface area contributed by atoms with E-state index < -0.39 is 201 Å². The average Bonchev–Trinajstić information content (AvgIpc) is 3.27. The number of ketones is 1. The van der Waals surface area contributed by atoms with Crippen molar-refractivity contribution in [3.05, 3.63) is 177 Å². The fourth-order valence-electron chi connectivity index (χ4n) is 7.62. The molecule has 0 aliphatic carbocycles. The first-order chi connectivity index (χ1) is 33.6. The quantitative estimate of drug-likeness (QED) is 0.0659. The maximum Gasteiger partial charge on any atom is 0.416 e. The number of aromatic nitrogens is 2. The molecule has 0 amide bonds. The summed E-state index contributed by atoms with van der Waals surface area (Å²) in [5.74, 6) is -0.0449. The van der Waals surface area contributed by atoms with E-state index in [4.69, 9.17) is 0 Å². The first-order valence-electron chi connectivity index (χ1n) is 19.9. The van der Waals surface area contributed by atoms with Gasteiger partial charge in [-0.1, -0.05) is 78.9 Å². The van der Waals surface area contributed by atoms with Crippen molar-refractivity contribution in [2.24, 2.45) is 0 Å². The molecule has 0 saturated heterocycles. The summed E-state index contributed by atoms with van der Waals surface area (Å²) in [7, 11) is 0. The lowest BCUT2D eigenvalue weighted by atomic mass is 9.12. The summed E-state index contributed by atoms with van der Waals surface area (Å²) < 4.78 is 355. The summed E-state index contributed by atoms with van der Waals surface area (Å²) >= 11 is 0. The SMILES string of the molecule is FC(F)(F)c1cc([B-](c2cc(C(F)(F)F)cc(C(F)(F)F)c2)(c2cc(C(F)(F)F)cc(C(F)(F)F)c2)c2cc(C(F)(F)F)cc(C(F)(F)F)c2)cc(C(F)(F)F)c1.O=C(C[n+]1ccncc1CF)c1ccccc1. The van der Waals surface area contributed by atoms with Crippen molar-refractivity contribution in [1.82, 2.24) is 4.98 Å². The first kappa shape index (κ1) is 58.1. The fraction of sp³-hybridized carbons (Fsp3) is 0.222. The Bertz CT molecular complexity index is 2540. The summed E-state index contributed by atoms with van der Waals surface area (Å²) in [5, 5.41) is 0. The molecule has 0 N–H and O–H groups in total. The number of hydrogen-bond acceptors (Lipinski definition) is 2. The second-order valence-corrected chi connectivity index (χ2v) is 15.8. The minimum Gasteiger partial charge on any atom is -0.287 e. The van der Waals surface area contributed by atoms with Crippen LogP contribution in [0.1, 0.15) is 60.6 Å². The Morgan fingerprint density at radius 3 is 0.892 bits per heavy atom. The highest BCUT2D eigenvalue weighted by molar-refractivity contribution is 7.20. The first-order valence-corrected chi connectivity index (χ1v) is 19.9. The van der Waals surface area contributed by atoms with E-state index in [0.717, 1.165) is 0 Å². The van der Waals surface area contributed by atoms with Crippen LogP contribution in [0.5, 0.6) is 0 Å². The zero-order chi connectivity index (χ0) is 56.0. The van der Waals surface area contributed by atoms with E-state index in [9.17, 15) is 115 Å². The molecular weight excluding hydrogens is 1070 g/mol. The number of halogens is 25. The van der Waals surface area contributed by atoms with Gasteiger partial charge in [-0.3, -0.25) is 9.78 Å². The van der Waals surface area contributed by atoms with Gasteiger partial charge in [0.05, 0.1) is 56.9 Å². The Kier molecular flexibility index (Phi) is 15.8. The third-order valence-corrected chi connectivity index (χ3v) is 10.9. The molecule has 0 saturated carbocycles. The summed E-state index contributed by atoms with van der Waals surface area (Å²) in [6, 6.07) is 0.151. The van der Waals surface area contributed by atoms with Gasteiger partial charge in [0, 0.05) is 5.56 Å². The number of Topliss-reactive ketones (excluding diaryl/α,β-unsaturated/α-hetero) is 1. The van der Waals surface area contributed by atoms with Gasteiger partial charge in [-0.25, -0.2) is 4.39 Å². The molecule has 0 aliphatic rings. The third kappa shape index (κ3) is 13.3. The molecule has 6 aromatic rings. The van der Waals surface area contributed by atoms with Gasteiger partial charge >= 0.3 is 49.4 Å². The number of alkyl halides is 25. The topological polar surface area (TPSA) is 33.8 Å². The number of nitrogens with zero attached hydrogens (tertiary/aromatic N) is 2. The van der Waals surface area contributed by atoms with E-state index in [1.54, 1.807) is 35.0 Å². The average molecular weight is 1090 g/mol. The van der Waals surface area contributed by atoms with Crippen LogP contribution in [0.4, 0.5) is 110 Å². The zero-order valence-electron chi connectivity index (χ0n) is 35.8. The van der Waals surface area contributed by atoms with E-state index in [1.165, 1.54) is 12.4 Å². The molecule has 0 spiro atoms. The molecule has 3 nitrogen and oxygen atoms in total. The number of hydrogen-bond donors (Lipinski definition) is 0. The van der Waals surface area contributed by atoms with E-state index in [1.807, 2.05) is 6.07 Å². The number of benzene rings is 5. The van der Waals surface area contributed by atoms with Gasteiger partial charge in [-0.15, -0.1) is 0 Å². The number of carbonyl (C=O) groups is 1. The van der Waals surface area contributed by atoms with Gasteiger partial charge < -0.3 is 0 Å². The Labute approximate surface area is 397 Å². The molecule has 0 aliphatic heterocycles. The molecule has 0 fully saturated rings. The number of rotatable bonds is 8. The molecule has 5 aromatic carbocycles. The van der Waals surface area contributed by atoms with E-state index in [2.05, 4.69) is 4.98 Å². The van der Waals surface area contributed by atoms with Crippen LogP contribution < -0.4 is 26.4 Å². The zero-order valence-corrected chi connectivity index (χ0v) is 35.8. The van der Waals surface area contributed by atoms with Gasteiger partial charge in [0.25, 0.3) is 0 Å². The predicted molar refractivity (Wildman–Crippen MR) is 210 cm³/mol. The van der Waals surface area contributed by atoms with E-state index >= 15 is 0 Å². The maximum atomic E-state index is 14.2. The highest BCUT2D eigenvalue weighted by Crippen LogP contribution is 2.41. The second kappa shape index (κ2) is 20.1. The van der Waals surface area contributed by atoms with Crippen LogP contribution in [-0.4, -0.2) is 16.9 Å². The molecular formula is C45H24BF25N2O. The van der Waals surface area contributed by atoms with Crippen LogP contribution >= 0.6 is 0 Å². The van der Waals surface area contributed by atoms with Crippen molar-refractivity contribution >= 4 is 33.8 Å². The smallest absolute Gasteiger partial charge is 0.287 e. The molecule has 29 heteroatoms. The van der Waals surface area contributed by atoms with Gasteiger partial charge in [-0.05, 0) is 24.3 Å². The van der Waals surface area contributed by atoms with Gasteiger partial charge in [0.15, 0.2) is 12.9 Å². The van der Waals surface area contributed by atoms with Gasteiger partial charge in [0.1, 0.15) is 6.15 Å². The van der Waals surface area contributed by atoms with Crippen LogP contribution in [0.25, 0.3) is 0 Å². The van der Waals surface area contributed by atoms with Crippen molar-refractivity contribution in [3.8, 4) is 0 Å². The van der Waals surface area contributed by atoms with Crippen LogP contribution in [-0.2, 0) is 62.6 Å². The van der Waals surface area contributed by atoms with E-state index in [-0.39, 0.29) is 12.3 Å². The Balaban J connectivity index is 0.000000500. The van der Waals surface area contributed by atoms with Crippen molar-refractivity contribution < 1.29 is 119 Å². The predicted octanol–water partition coefficient (Wildman–Crippen LogP) is 12.9. The van der Waals surface area contributed by atoms with Crippen molar-refractivity contribution in [2.45, 2.75) is 62.6 Å². The monoisotopic (exact) mass is 1090 g/mol. The lowest BCUT2D eigenvalue weighted by Gasteiger charge is -2.46.